The van der Waals surface area contributed by atoms with Crippen molar-refractivity contribution in [3.63, 3.8) is 0 Å². The largest absolute Gasteiger partial charge is 0.395 e. The Bertz CT molecular complexity index is 557. The van der Waals surface area contributed by atoms with E-state index in [1.807, 2.05) is 24.4 Å². The third kappa shape index (κ3) is 4.41. The average Bonchev–Trinajstić information content (AvgIpc) is 2.58. The van der Waals surface area contributed by atoms with Crippen LogP contribution in [-0.4, -0.2) is 29.0 Å². The summed E-state index contributed by atoms with van der Waals surface area (Å²) < 4.78 is 0. The van der Waals surface area contributed by atoms with Gasteiger partial charge < -0.3 is 9.62 Å². The molecule has 0 aromatic carbocycles. The lowest BCUT2D eigenvalue weighted by Crippen LogP contribution is -2.57. The van der Waals surface area contributed by atoms with Crippen LogP contribution < -0.4 is 0 Å². The predicted octanol–water partition coefficient (Wildman–Crippen LogP) is 5.17. The molecule has 0 aromatic heterocycles. The van der Waals surface area contributed by atoms with Gasteiger partial charge in [0.2, 0.25) is 0 Å². The minimum absolute atomic E-state index is 0.200. The molecule has 0 spiro atoms. The molecule has 0 atom stereocenters. The van der Waals surface area contributed by atoms with Gasteiger partial charge in [0, 0.05) is 24.0 Å². The highest BCUT2D eigenvalue weighted by atomic mass is 15.3. The van der Waals surface area contributed by atoms with Crippen molar-refractivity contribution in [2.24, 2.45) is 4.99 Å². The van der Waals surface area contributed by atoms with Crippen LogP contribution in [0.5, 0.6) is 0 Å². The number of aliphatic imine (C=N–C) groups is 1. The fraction of sp³-hybridized carbons (Fsp3) is 0.350. The van der Waals surface area contributed by atoms with E-state index in [1.54, 1.807) is 12.3 Å². The fourth-order valence-electron chi connectivity index (χ4n) is 3.12. The number of amidine groups is 1. The van der Waals surface area contributed by atoms with E-state index >= 15 is 0 Å². The first-order chi connectivity index (χ1) is 11.7. The number of hydrogen-bond acceptors (Lipinski definition) is 2. The molecule has 24 heavy (non-hydrogen) atoms. The number of hydrogen-bond donors (Lipinski definition) is 0. The van der Waals surface area contributed by atoms with E-state index in [0.717, 1.165) is 30.0 Å². The van der Waals surface area contributed by atoms with Crippen molar-refractivity contribution < 1.29 is 0 Å². The van der Waals surface area contributed by atoms with Gasteiger partial charge in [-0.15, -0.1) is 0 Å². The Kier molecular flexibility index (Phi) is 8.70. The summed E-state index contributed by atoms with van der Waals surface area (Å²) in [5.41, 5.74) is 2.13. The highest BCUT2D eigenvalue weighted by Gasteiger charge is 2.39. The lowest BCUT2D eigenvalue weighted by Gasteiger charge is -2.45. The first-order valence-corrected chi connectivity index (χ1v) is 8.72. The van der Waals surface area contributed by atoms with Crippen molar-refractivity contribution in [2.75, 3.05) is 6.54 Å². The second-order valence-corrected chi connectivity index (χ2v) is 5.59. The van der Waals surface area contributed by atoms with Gasteiger partial charge in [-0.3, -0.25) is 0 Å². The molecule has 0 aliphatic carbocycles. The van der Waals surface area contributed by atoms with E-state index < -0.39 is 0 Å². The first kappa shape index (κ1) is 19.8. The first-order valence-electron chi connectivity index (χ1n) is 8.72. The maximum atomic E-state index is 4.53. The number of rotatable bonds is 9. The number of unbranched alkanes of at least 4 members (excludes halogenated alkanes) is 2. The van der Waals surface area contributed by atoms with E-state index in [4.69, 9.17) is 0 Å². The molecule has 1 fully saturated rings. The van der Waals surface area contributed by atoms with E-state index in [-0.39, 0.29) is 6.98 Å². The molecule has 1 rings (SSSR count). The standard InChI is InChI=1S/C20H30BN3/c1-7-13-14-17-21-23(11-5)19(16-9-3)18(15-8-2)20(22-10-4)24(21)12-6/h8-10,12,15-16H,2-4,6-7,11,13-14,17H2,1,5H3/b18-15+,19-16+,22-20?. The monoisotopic (exact) mass is 323 g/mol. The minimum atomic E-state index is 0.200. The van der Waals surface area contributed by atoms with Gasteiger partial charge in [-0.25, -0.2) is 4.99 Å². The van der Waals surface area contributed by atoms with E-state index in [1.165, 1.54) is 19.3 Å². The zero-order valence-electron chi connectivity index (χ0n) is 15.2. The number of allylic oxidation sites excluding steroid dienone is 4. The lowest BCUT2D eigenvalue weighted by atomic mass is 9.63. The van der Waals surface area contributed by atoms with Crippen LogP contribution in [0.2, 0.25) is 6.32 Å². The second-order valence-electron chi connectivity index (χ2n) is 5.59. The summed E-state index contributed by atoms with van der Waals surface area (Å²) >= 11 is 0. The summed E-state index contributed by atoms with van der Waals surface area (Å²) in [7, 11) is 0. The van der Waals surface area contributed by atoms with E-state index in [2.05, 4.69) is 54.8 Å². The van der Waals surface area contributed by atoms with Gasteiger partial charge in [-0.1, -0.05) is 64.7 Å². The zero-order chi connectivity index (χ0) is 17.9. The Morgan fingerprint density at radius 3 is 2.25 bits per heavy atom. The average molecular weight is 323 g/mol. The minimum Gasteiger partial charge on any atom is -0.395 e. The summed E-state index contributed by atoms with van der Waals surface area (Å²) in [5, 5.41) is 0. The quantitative estimate of drug-likeness (QED) is 0.430. The molecule has 1 aliphatic rings. The second kappa shape index (κ2) is 10.5. The van der Waals surface area contributed by atoms with Crippen LogP contribution in [0.25, 0.3) is 0 Å². The third-order valence-corrected chi connectivity index (χ3v) is 4.13. The smallest absolute Gasteiger partial charge is 0.380 e. The molecule has 0 saturated carbocycles. The molecule has 3 nitrogen and oxygen atoms in total. The Balaban J connectivity index is 3.45. The van der Waals surface area contributed by atoms with Crippen molar-refractivity contribution in [3.8, 4) is 0 Å². The highest BCUT2D eigenvalue weighted by molar-refractivity contribution is 6.59. The molecule has 1 aliphatic heterocycles. The fourth-order valence-corrected chi connectivity index (χ4v) is 3.12. The van der Waals surface area contributed by atoms with Crippen LogP contribution in [0, 0.1) is 0 Å². The van der Waals surface area contributed by atoms with Crippen molar-refractivity contribution in [2.45, 2.75) is 39.4 Å². The molecule has 0 N–H and O–H groups in total. The Morgan fingerprint density at radius 1 is 1.04 bits per heavy atom. The molecule has 0 aromatic rings. The normalized spacial score (nSPS) is 19.9. The molecule has 1 saturated heterocycles. The summed E-state index contributed by atoms with van der Waals surface area (Å²) in [6, 6.07) is 0. The molecule has 0 amide bonds. The van der Waals surface area contributed by atoms with Crippen LogP contribution in [0.4, 0.5) is 0 Å². The van der Waals surface area contributed by atoms with Gasteiger partial charge in [0.15, 0.2) is 0 Å². The van der Waals surface area contributed by atoms with Crippen LogP contribution >= 0.6 is 0 Å². The van der Waals surface area contributed by atoms with Gasteiger partial charge in [-0.05, 0) is 31.6 Å². The molecule has 128 valence electrons. The van der Waals surface area contributed by atoms with Crippen LogP contribution in [0.1, 0.15) is 33.1 Å². The molecular formula is C20H30BN3. The number of likely N-dealkylation sites (N-methyl/N-ethyl adjacent to an activating group) is 1. The Labute approximate surface area is 148 Å². The van der Waals surface area contributed by atoms with Crippen LogP contribution in [0.15, 0.2) is 79.3 Å². The van der Waals surface area contributed by atoms with E-state index in [9.17, 15) is 0 Å². The summed E-state index contributed by atoms with van der Waals surface area (Å²) in [6.45, 7) is 21.0. The SMILES string of the molecule is C=C/C=C1/C(=NC=C)N(C=C)B(CCCCC)N(CC)/C1=C/C=C. The van der Waals surface area contributed by atoms with E-state index in [0.29, 0.717) is 0 Å². The summed E-state index contributed by atoms with van der Waals surface area (Å²) in [4.78, 5) is 9.07. The van der Waals surface area contributed by atoms with Crippen molar-refractivity contribution in [1.82, 2.24) is 9.62 Å². The van der Waals surface area contributed by atoms with Gasteiger partial charge in [0.1, 0.15) is 5.84 Å². The lowest BCUT2D eigenvalue weighted by molar-refractivity contribution is 0.504. The maximum absolute atomic E-state index is 4.53. The van der Waals surface area contributed by atoms with Gasteiger partial charge in [0.05, 0.1) is 0 Å². The molecule has 4 heteroatoms. The maximum Gasteiger partial charge on any atom is 0.380 e. The van der Waals surface area contributed by atoms with Crippen molar-refractivity contribution in [1.29, 1.82) is 0 Å². The topological polar surface area (TPSA) is 18.8 Å². The Hall–Kier alpha value is -2.23. The predicted molar refractivity (Wildman–Crippen MR) is 109 cm³/mol. The molecular weight excluding hydrogens is 293 g/mol. The van der Waals surface area contributed by atoms with Crippen LogP contribution in [0.3, 0.4) is 0 Å². The third-order valence-electron chi connectivity index (χ3n) is 4.13. The molecule has 0 unspecified atom stereocenters. The summed E-state index contributed by atoms with van der Waals surface area (Å²) in [6.07, 6.45) is 15.8. The highest BCUT2D eigenvalue weighted by Crippen LogP contribution is 2.31. The van der Waals surface area contributed by atoms with Gasteiger partial charge in [0.25, 0.3) is 0 Å². The van der Waals surface area contributed by atoms with Crippen molar-refractivity contribution in [3.05, 3.63) is 74.3 Å². The molecule has 1 heterocycles. The summed E-state index contributed by atoms with van der Waals surface area (Å²) in [5.74, 6) is 0.860. The van der Waals surface area contributed by atoms with Gasteiger partial charge in [-0.2, -0.15) is 0 Å². The number of nitrogens with zero attached hydrogens (tertiary/aromatic N) is 3. The van der Waals surface area contributed by atoms with Crippen molar-refractivity contribution >= 4 is 12.8 Å². The molecule has 0 bridgehead atoms. The van der Waals surface area contributed by atoms with Crippen LogP contribution in [-0.2, 0) is 0 Å². The van der Waals surface area contributed by atoms with Gasteiger partial charge >= 0.3 is 6.98 Å². The molecule has 0 radical (unpaired) electrons. The Morgan fingerprint density at radius 2 is 1.75 bits per heavy atom. The zero-order valence-corrected chi connectivity index (χ0v) is 15.2.